The van der Waals surface area contributed by atoms with Gasteiger partial charge < -0.3 is 14.5 Å². The molecule has 0 unspecified atom stereocenters. The number of hydrogen-bond donors (Lipinski definition) is 1. The molecule has 0 saturated heterocycles. The molecule has 1 aromatic carbocycles. The largest absolute Gasteiger partial charge is 0.378 e. The maximum absolute atomic E-state index is 13.4. The summed E-state index contributed by atoms with van der Waals surface area (Å²) >= 11 is 0. The molecule has 148 valence electrons. The van der Waals surface area contributed by atoms with E-state index in [2.05, 4.69) is 9.97 Å². The molecule has 0 aliphatic heterocycles. The van der Waals surface area contributed by atoms with Crippen LogP contribution in [-0.2, 0) is 23.2 Å². The van der Waals surface area contributed by atoms with Crippen molar-refractivity contribution in [3.8, 4) is 5.75 Å². The zero-order valence-corrected chi connectivity index (χ0v) is 16.4. The molecule has 2 N–H and O–H groups in total. The van der Waals surface area contributed by atoms with Crippen LogP contribution in [0.5, 0.6) is 5.75 Å². The first-order valence-corrected chi connectivity index (χ1v) is 10.1. The highest BCUT2D eigenvalue weighted by molar-refractivity contribution is 7.87. The number of rotatable bonds is 7. The van der Waals surface area contributed by atoms with Gasteiger partial charge in [-0.05, 0) is 35.7 Å². The number of nitrogens with zero attached hydrogens (tertiary/aromatic N) is 3. The van der Waals surface area contributed by atoms with E-state index < -0.39 is 15.9 Å². The third-order valence-electron chi connectivity index (χ3n) is 4.11. The van der Waals surface area contributed by atoms with Crippen LogP contribution in [0.1, 0.15) is 36.8 Å². The summed E-state index contributed by atoms with van der Waals surface area (Å²) < 4.78 is 46.1. The second-order valence-corrected chi connectivity index (χ2v) is 7.98. The van der Waals surface area contributed by atoms with Crippen molar-refractivity contribution < 1.29 is 17.0 Å². The monoisotopic (exact) mass is 404 g/mol. The average molecular weight is 404 g/mol. The SMILES string of the molecule is CC(C)c1c(S(=O)(=O)Oc2cccc(F)c2)nc(CN)n1Cc1ccncc1. The van der Waals surface area contributed by atoms with Crippen LogP contribution in [-0.4, -0.2) is 23.0 Å². The van der Waals surface area contributed by atoms with Crippen molar-refractivity contribution in [2.45, 2.75) is 37.9 Å². The zero-order chi connectivity index (χ0) is 20.3. The lowest BCUT2D eigenvalue weighted by atomic mass is 10.1. The minimum atomic E-state index is -4.28. The van der Waals surface area contributed by atoms with Gasteiger partial charge in [-0.1, -0.05) is 19.9 Å². The number of pyridine rings is 1. The summed E-state index contributed by atoms with van der Waals surface area (Å²) in [5.41, 5.74) is 7.23. The summed E-state index contributed by atoms with van der Waals surface area (Å²) in [6, 6.07) is 8.62. The van der Waals surface area contributed by atoms with Gasteiger partial charge in [0.25, 0.3) is 0 Å². The summed E-state index contributed by atoms with van der Waals surface area (Å²) in [4.78, 5) is 8.24. The Morgan fingerprint density at radius 2 is 1.93 bits per heavy atom. The molecule has 2 heterocycles. The lowest BCUT2D eigenvalue weighted by Gasteiger charge is -2.15. The van der Waals surface area contributed by atoms with E-state index >= 15 is 0 Å². The highest BCUT2D eigenvalue weighted by Gasteiger charge is 2.30. The van der Waals surface area contributed by atoms with E-state index in [1.165, 1.54) is 18.2 Å². The van der Waals surface area contributed by atoms with Gasteiger partial charge in [-0.3, -0.25) is 4.98 Å². The number of benzene rings is 1. The molecule has 0 spiro atoms. The van der Waals surface area contributed by atoms with E-state index in [9.17, 15) is 12.8 Å². The quantitative estimate of drug-likeness (QED) is 0.608. The second-order valence-electron chi connectivity index (χ2n) is 6.51. The summed E-state index contributed by atoms with van der Waals surface area (Å²) in [7, 11) is -4.28. The molecule has 0 saturated carbocycles. The van der Waals surface area contributed by atoms with E-state index in [4.69, 9.17) is 9.92 Å². The Labute approximate surface area is 163 Å². The van der Waals surface area contributed by atoms with E-state index in [1.807, 2.05) is 26.0 Å². The van der Waals surface area contributed by atoms with Crippen LogP contribution in [0.4, 0.5) is 4.39 Å². The molecular weight excluding hydrogens is 383 g/mol. The highest BCUT2D eigenvalue weighted by atomic mass is 32.2. The van der Waals surface area contributed by atoms with Crippen molar-refractivity contribution in [1.29, 1.82) is 0 Å². The molecule has 2 aromatic heterocycles. The van der Waals surface area contributed by atoms with Gasteiger partial charge in [-0.15, -0.1) is 0 Å². The Kier molecular flexibility index (Phi) is 5.76. The van der Waals surface area contributed by atoms with Crippen molar-refractivity contribution in [2.75, 3.05) is 0 Å². The molecule has 0 fully saturated rings. The van der Waals surface area contributed by atoms with Gasteiger partial charge in [-0.25, -0.2) is 9.37 Å². The fourth-order valence-corrected chi connectivity index (χ4v) is 4.18. The molecule has 3 rings (SSSR count). The topological polar surface area (TPSA) is 100 Å². The Bertz CT molecular complexity index is 1070. The third-order valence-corrected chi connectivity index (χ3v) is 5.30. The summed E-state index contributed by atoms with van der Waals surface area (Å²) in [6.07, 6.45) is 3.32. The summed E-state index contributed by atoms with van der Waals surface area (Å²) in [5, 5.41) is -0.207. The first kappa shape index (κ1) is 20.0. The van der Waals surface area contributed by atoms with Gasteiger partial charge in [0, 0.05) is 25.0 Å². The van der Waals surface area contributed by atoms with E-state index in [-0.39, 0.29) is 23.2 Å². The summed E-state index contributed by atoms with van der Waals surface area (Å²) in [6.45, 7) is 4.18. The van der Waals surface area contributed by atoms with Crippen molar-refractivity contribution >= 4 is 10.1 Å². The van der Waals surface area contributed by atoms with Crippen LogP contribution in [0, 0.1) is 5.82 Å². The van der Waals surface area contributed by atoms with Gasteiger partial charge in [-0.2, -0.15) is 8.42 Å². The maximum Gasteiger partial charge on any atom is 0.358 e. The number of aromatic nitrogens is 3. The van der Waals surface area contributed by atoms with Crippen molar-refractivity contribution in [2.24, 2.45) is 5.73 Å². The lowest BCUT2D eigenvalue weighted by Crippen LogP contribution is -2.15. The van der Waals surface area contributed by atoms with Crippen molar-refractivity contribution in [3.63, 3.8) is 0 Å². The average Bonchev–Trinajstić information content (AvgIpc) is 3.02. The number of nitrogens with two attached hydrogens (primary N) is 1. The fourth-order valence-electron chi connectivity index (χ4n) is 2.92. The van der Waals surface area contributed by atoms with E-state index in [0.29, 0.717) is 18.1 Å². The minimum Gasteiger partial charge on any atom is -0.378 e. The molecule has 0 radical (unpaired) electrons. The van der Waals surface area contributed by atoms with Crippen LogP contribution in [0.3, 0.4) is 0 Å². The molecule has 28 heavy (non-hydrogen) atoms. The fraction of sp³-hybridized carbons (Fsp3) is 0.263. The highest BCUT2D eigenvalue weighted by Crippen LogP contribution is 2.28. The smallest absolute Gasteiger partial charge is 0.358 e. The predicted octanol–water partition coefficient (Wildman–Crippen LogP) is 2.82. The van der Waals surface area contributed by atoms with Gasteiger partial charge in [0.1, 0.15) is 17.4 Å². The Hall–Kier alpha value is -2.78. The zero-order valence-electron chi connectivity index (χ0n) is 15.5. The van der Waals surface area contributed by atoms with Crippen LogP contribution >= 0.6 is 0 Å². The first-order chi connectivity index (χ1) is 13.3. The molecule has 0 aliphatic carbocycles. The normalized spacial score (nSPS) is 11.8. The van der Waals surface area contributed by atoms with Crippen LogP contribution in [0.2, 0.25) is 0 Å². The van der Waals surface area contributed by atoms with Crippen LogP contribution < -0.4 is 9.92 Å². The molecule has 0 aliphatic rings. The second kappa shape index (κ2) is 8.07. The van der Waals surface area contributed by atoms with E-state index in [1.54, 1.807) is 17.0 Å². The molecule has 0 bridgehead atoms. The standard InChI is InChI=1S/C19H21FN4O3S/c1-13(2)18-19(28(25,26)27-16-5-3-4-15(20)10-16)23-17(11-21)24(18)12-14-6-8-22-9-7-14/h3-10,13H,11-12,21H2,1-2H3. The van der Waals surface area contributed by atoms with Crippen molar-refractivity contribution in [3.05, 3.63) is 71.7 Å². The van der Waals surface area contributed by atoms with Crippen LogP contribution in [0.25, 0.3) is 0 Å². The van der Waals surface area contributed by atoms with Gasteiger partial charge in [0.15, 0.2) is 0 Å². The van der Waals surface area contributed by atoms with Gasteiger partial charge in [0.05, 0.1) is 12.2 Å². The predicted molar refractivity (Wildman–Crippen MR) is 102 cm³/mol. The van der Waals surface area contributed by atoms with Gasteiger partial charge in [0.2, 0.25) is 5.03 Å². The summed E-state index contributed by atoms with van der Waals surface area (Å²) in [5.74, 6) is -0.465. The number of hydrogen-bond acceptors (Lipinski definition) is 6. The Morgan fingerprint density at radius 3 is 2.54 bits per heavy atom. The molecule has 0 amide bonds. The minimum absolute atomic E-state index is 0.0558. The maximum atomic E-state index is 13.4. The van der Waals surface area contributed by atoms with E-state index in [0.717, 1.165) is 11.6 Å². The number of imidazole rings is 1. The van der Waals surface area contributed by atoms with Crippen LogP contribution in [0.15, 0.2) is 53.8 Å². The van der Waals surface area contributed by atoms with Crippen molar-refractivity contribution in [1.82, 2.24) is 14.5 Å². The molecule has 9 heteroatoms. The molecule has 3 aromatic rings. The lowest BCUT2D eigenvalue weighted by molar-refractivity contribution is 0.477. The third kappa shape index (κ3) is 4.20. The Balaban J connectivity index is 2.07. The Morgan fingerprint density at radius 1 is 1.21 bits per heavy atom. The molecule has 7 nitrogen and oxygen atoms in total. The molecular formula is C19H21FN4O3S. The number of halogens is 1. The van der Waals surface area contributed by atoms with Gasteiger partial charge >= 0.3 is 10.1 Å². The molecule has 0 atom stereocenters. The first-order valence-electron chi connectivity index (χ1n) is 8.70.